The lowest BCUT2D eigenvalue weighted by atomic mass is 10.1. The Kier molecular flexibility index (Phi) is 6.90. The minimum absolute atomic E-state index is 0.0690. The van der Waals surface area contributed by atoms with Crippen LogP contribution in [0, 0.1) is 6.92 Å². The number of hydrogen-bond donors (Lipinski definition) is 3. The van der Waals surface area contributed by atoms with E-state index < -0.39 is 5.60 Å². The van der Waals surface area contributed by atoms with E-state index in [-0.39, 0.29) is 12.1 Å². The number of amides is 1. The Morgan fingerprint density at radius 3 is 2.83 bits per heavy atom. The molecule has 1 saturated heterocycles. The Hall–Kier alpha value is -2.70. The topological polar surface area (TPSA) is 81.8 Å². The summed E-state index contributed by atoms with van der Waals surface area (Å²) in [6.45, 7) is 12.9. The van der Waals surface area contributed by atoms with Crippen molar-refractivity contribution in [2.45, 2.75) is 59.1 Å². The van der Waals surface area contributed by atoms with Crippen molar-refractivity contribution in [1.29, 1.82) is 0 Å². The zero-order valence-corrected chi connectivity index (χ0v) is 18.8. The molecule has 2 heterocycles. The summed E-state index contributed by atoms with van der Waals surface area (Å²) in [6.07, 6.45) is 1.41. The van der Waals surface area contributed by atoms with Crippen LogP contribution >= 0.6 is 0 Å². The van der Waals surface area contributed by atoms with E-state index in [0.717, 1.165) is 38.4 Å². The largest absolute Gasteiger partial charge is 0.444 e. The van der Waals surface area contributed by atoms with Crippen LogP contribution in [0.3, 0.4) is 0 Å². The number of aryl methyl sites for hydroxylation is 1. The van der Waals surface area contributed by atoms with Crippen molar-refractivity contribution in [2.24, 2.45) is 4.99 Å². The molecule has 1 aromatic carbocycles. The number of para-hydroxylation sites is 1. The molecule has 3 N–H and O–H groups in total. The number of benzene rings is 1. The van der Waals surface area contributed by atoms with E-state index in [0.29, 0.717) is 6.54 Å². The third-order valence-corrected chi connectivity index (χ3v) is 5.19. The molecule has 1 atom stereocenters. The molecule has 1 amide bonds. The fourth-order valence-electron chi connectivity index (χ4n) is 3.90. The summed E-state index contributed by atoms with van der Waals surface area (Å²) in [5.41, 5.74) is 3.23. The molecule has 0 aliphatic carbocycles. The predicted molar refractivity (Wildman–Crippen MR) is 122 cm³/mol. The van der Waals surface area contributed by atoms with Gasteiger partial charge in [0, 0.05) is 42.8 Å². The molecule has 0 saturated carbocycles. The molecule has 7 heteroatoms. The highest BCUT2D eigenvalue weighted by molar-refractivity contribution is 5.84. The van der Waals surface area contributed by atoms with Gasteiger partial charge in [0.25, 0.3) is 0 Å². The number of aromatic amines is 1. The van der Waals surface area contributed by atoms with Gasteiger partial charge >= 0.3 is 6.09 Å². The first-order valence-corrected chi connectivity index (χ1v) is 10.9. The number of H-pyrrole nitrogens is 1. The Balaban J connectivity index is 1.59. The number of guanidine groups is 1. The van der Waals surface area contributed by atoms with Gasteiger partial charge < -0.3 is 25.3 Å². The van der Waals surface area contributed by atoms with Crippen LogP contribution in [0.4, 0.5) is 4.79 Å². The Morgan fingerprint density at radius 1 is 1.33 bits per heavy atom. The van der Waals surface area contributed by atoms with Gasteiger partial charge in [-0.3, -0.25) is 4.99 Å². The number of carbonyl (C=O) groups is 1. The Morgan fingerprint density at radius 2 is 2.10 bits per heavy atom. The first-order chi connectivity index (χ1) is 14.3. The molecule has 3 rings (SSSR count). The van der Waals surface area contributed by atoms with Crippen molar-refractivity contribution >= 4 is 23.0 Å². The molecular formula is C23H35N5O2. The molecule has 1 aromatic heterocycles. The number of hydrogen-bond acceptors (Lipinski definition) is 3. The van der Waals surface area contributed by atoms with E-state index >= 15 is 0 Å². The van der Waals surface area contributed by atoms with E-state index in [1.807, 2.05) is 20.8 Å². The van der Waals surface area contributed by atoms with Crippen LogP contribution in [0.15, 0.2) is 29.3 Å². The average Bonchev–Trinajstić information content (AvgIpc) is 3.23. The fraction of sp³-hybridized carbons (Fsp3) is 0.565. The van der Waals surface area contributed by atoms with Gasteiger partial charge in [0.1, 0.15) is 5.60 Å². The van der Waals surface area contributed by atoms with Crippen molar-refractivity contribution in [3.8, 4) is 0 Å². The van der Waals surface area contributed by atoms with Crippen LogP contribution < -0.4 is 10.6 Å². The zero-order valence-electron chi connectivity index (χ0n) is 18.8. The number of fused-ring (bicyclic) bond motifs is 1. The highest BCUT2D eigenvalue weighted by atomic mass is 16.6. The van der Waals surface area contributed by atoms with Gasteiger partial charge in [-0.2, -0.15) is 0 Å². The van der Waals surface area contributed by atoms with Gasteiger partial charge in [-0.05, 0) is 59.1 Å². The second kappa shape index (κ2) is 9.41. The number of ether oxygens (including phenoxy) is 1. The lowest BCUT2D eigenvalue weighted by Crippen LogP contribution is -2.44. The third-order valence-electron chi connectivity index (χ3n) is 5.19. The maximum Gasteiger partial charge on any atom is 0.407 e. The predicted octanol–water partition coefficient (Wildman–Crippen LogP) is 3.58. The Labute approximate surface area is 179 Å². The summed E-state index contributed by atoms with van der Waals surface area (Å²) in [5, 5.41) is 7.65. The number of aromatic nitrogens is 1. The van der Waals surface area contributed by atoms with Crippen LogP contribution in [0.2, 0.25) is 0 Å². The highest BCUT2D eigenvalue weighted by Crippen LogP contribution is 2.22. The quantitative estimate of drug-likeness (QED) is 0.517. The summed E-state index contributed by atoms with van der Waals surface area (Å²) in [5.74, 6) is 0.906. The van der Waals surface area contributed by atoms with Gasteiger partial charge in [-0.1, -0.05) is 18.2 Å². The highest BCUT2D eigenvalue weighted by Gasteiger charge is 2.27. The van der Waals surface area contributed by atoms with Gasteiger partial charge in [0.15, 0.2) is 5.96 Å². The molecule has 164 valence electrons. The first-order valence-electron chi connectivity index (χ1n) is 10.9. The molecule has 1 aliphatic heterocycles. The second-order valence-electron chi connectivity index (χ2n) is 8.84. The number of carbonyl (C=O) groups excluding carboxylic acids is 1. The number of rotatable bonds is 5. The van der Waals surface area contributed by atoms with Crippen molar-refractivity contribution in [3.63, 3.8) is 0 Å². The van der Waals surface area contributed by atoms with Crippen molar-refractivity contribution in [2.75, 3.05) is 26.2 Å². The monoisotopic (exact) mass is 413 g/mol. The van der Waals surface area contributed by atoms with E-state index in [9.17, 15) is 4.79 Å². The summed E-state index contributed by atoms with van der Waals surface area (Å²) < 4.78 is 5.38. The lowest BCUT2D eigenvalue weighted by Gasteiger charge is -2.23. The van der Waals surface area contributed by atoms with E-state index in [1.54, 1.807) is 0 Å². The summed E-state index contributed by atoms with van der Waals surface area (Å²) >= 11 is 0. The molecular weight excluding hydrogens is 378 g/mol. The van der Waals surface area contributed by atoms with Crippen LogP contribution in [0.25, 0.3) is 10.9 Å². The standard InChI is InChI=1S/C23H35N5O2/c1-6-24-21(28-14-12-17(15-28)27-22(29)30-23(3,4)5)25-13-11-18-16(2)26-20-10-8-7-9-19(18)20/h7-10,17,26H,6,11-15H2,1-5H3,(H,24,25)(H,27,29). The molecule has 0 spiro atoms. The van der Waals surface area contributed by atoms with E-state index in [1.165, 1.54) is 22.2 Å². The Bertz CT molecular complexity index is 897. The number of nitrogens with zero attached hydrogens (tertiary/aromatic N) is 2. The zero-order chi connectivity index (χ0) is 21.7. The van der Waals surface area contributed by atoms with Crippen molar-refractivity contribution in [1.82, 2.24) is 20.5 Å². The minimum Gasteiger partial charge on any atom is -0.444 e. The van der Waals surface area contributed by atoms with E-state index in [2.05, 4.69) is 58.6 Å². The average molecular weight is 414 g/mol. The minimum atomic E-state index is -0.487. The molecule has 0 radical (unpaired) electrons. The number of nitrogens with one attached hydrogen (secondary N) is 3. The number of aliphatic imine (C=N–C) groups is 1. The SMILES string of the molecule is CCNC(=NCCc1c(C)[nH]c2ccccc12)N1CCC(NC(=O)OC(C)(C)C)C1. The van der Waals surface area contributed by atoms with Gasteiger partial charge in [-0.25, -0.2) is 4.79 Å². The van der Waals surface area contributed by atoms with Gasteiger partial charge in [0.05, 0.1) is 6.04 Å². The maximum absolute atomic E-state index is 12.1. The van der Waals surface area contributed by atoms with Crippen LogP contribution in [-0.4, -0.2) is 59.8 Å². The van der Waals surface area contributed by atoms with Crippen molar-refractivity contribution in [3.05, 3.63) is 35.5 Å². The molecule has 1 aliphatic rings. The molecule has 7 nitrogen and oxygen atoms in total. The molecule has 2 aromatic rings. The third kappa shape index (κ3) is 5.68. The lowest BCUT2D eigenvalue weighted by molar-refractivity contribution is 0.0507. The normalized spacial score (nSPS) is 17.4. The number of alkyl carbamates (subject to hydrolysis) is 1. The number of likely N-dealkylation sites (tertiary alicyclic amines) is 1. The molecule has 1 unspecified atom stereocenters. The van der Waals surface area contributed by atoms with Crippen LogP contribution in [-0.2, 0) is 11.2 Å². The fourth-order valence-corrected chi connectivity index (χ4v) is 3.90. The van der Waals surface area contributed by atoms with Crippen LogP contribution in [0.5, 0.6) is 0 Å². The van der Waals surface area contributed by atoms with Gasteiger partial charge in [-0.15, -0.1) is 0 Å². The molecule has 0 bridgehead atoms. The smallest absolute Gasteiger partial charge is 0.407 e. The molecule has 1 fully saturated rings. The second-order valence-corrected chi connectivity index (χ2v) is 8.84. The van der Waals surface area contributed by atoms with Crippen molar-refractivity contribution < 1.29 is 9.53 Å². The summed E-state index contributed by atoms with van der Waals surface area (Å²) in [7, 11) is 0. The summed E-state index contributed by atoms with van der Waals surface area (Å²) in [4.78, 5) is 22.6. The molecule has 30 heavy (non-hydrogen) atoms. The van der Waals surface area contributed by atoms with Crippen LogP contribution in [0.1, 0.15) is 45.4 Å². The first kappa shape index (κ1) is 22.0. The maximum atomic E-state index is 12.1. The summed E-state index contributed by atoms with van der Waals surface area (Å²) in [6, 6.07) is 8.48. The van der Waals surface area contributed by atoms with E-state index in [4.69, 9.17) is 9.73 Å². The van der Waals surface area contributed by atoms with Gasteiger partial charge in [0.2, 0.25) is 0 Å².